The first-order valence-electron chi connectivity index (χ1n) is 4.02. The number of fused-ring (bicyclic) bond motifs is 1. The van der Waals surface area contributed by atoms with Gasteiger partial charge in [-0.1, -0.05) is 6.92 Å². The summed E-state index contributed by atoms with van der Waals surface area (Å²) < 4.78 is 5.68. The van der Waals surface area contributed by atoms with Crippen LogP contribution in [0.1, 0.15) is 20.8 Å². The van der Waals surface area contributed by atoms with Gasteiger partial charge in [0.25, 0.3) is 0 Å². The number of rotatable bonds is 1. The first kappa shape index (κ1) is 7.06. The Bertz CT molecular complexity index is 155. The lowest BCUT2D eigenvalue weighted by Gasteiger charge is -2.10. The lowest BCUT2D eigenvalue weighted by atomic mass is 10.0. The minimum Gasteiger partial charge on any atom is -0.362 e. The van der Waals surface area contributed by atoms with Gasteiger partial charge in [0.1, 0.15) is 0 Å². The third kappa shape index (κ3) is 0.711. The normalized spacial score (nSPS) is 58.5. The second kappa shape index (κ2) is 1.76. The van der Waals surface area contributed by atoms with E-state index in [-0.39, 0.29) is 0 Å². The monoisotopic (exact) mass is 158 g/mol. The van der Waals surface area contributed by atoms with Gasteiger partial charge < -0.3 is 4.74 Å². The Morgan fingerprint density at radius 1 is 1.30 bits per heavy atom. The zero-order chi connectivity index (χ0) is 7.41. The molecular weight excluding hydrogens is 143 g/mol. The molecule has 0 spiro atoms. The van der Waals surface area contributed by atoms with Gasteiger partial charge in [-0.25, -0.2) is 0 Å². The molecule has 0 aromatic rings. The molecule has 0 bridgehead atoms. The molecule has 0 aliphatic carbocycles. The summed E-state index contributed by atoms with van der Waals surface area (Å²) in [7, 11) is 0.345. The maximum Gasteiger partial charge on any atom is 0.0991 e. The summed E-state index contributed by atoms with van der Waals surface area (Å²) in [5, 5.41) is 0. The molecule has 2 aliphatic heterocycles. The van der Waals surface area contributed by atoms with Crippen molar-refractivity contribution >= 4 is 7.92 Å². The van der Waals surface area contributed by atoms with Crippen molar-refractivity contribution in [3.63, 3.8) is 0 Å². The molecule has 0 saturated carbocycles. The van der Waals surface area contributed by atoms with E-state index in [2.05, 4.69) is 20.8 Å². The highest BCUT2D eigenvalue weighted by Crippen LogP contribution is 2.65. The lowest BCUT2D eigenvalue weighted by Crippen LogP contribution is -2.15. The van der Waals surface area contributed by atoms with E-state index in [1.54, 1.807) is 0 Å². The number of hydrogen-bond donors (Lipinski definition) is 0. The van der Waals surface area contributed by atoms with Gasteiger partial charge in [-0.2, -0.15) is 0 Å². The molecule has 0 radical (unpaired) electrons. The largest absolute Gasteiger partial charge is 0.362 e. The fourth-order valence-electron chi connectivity index (χ4n) is 2.00. The standard InChI is InChI=1S/C8H15OP/c1-4-10-5-7(2)8(3,6-10)9-7/h4-6H2,1-3H3. The Morgan fingerprint density at radius 2 is 1.80 bits per heavy atom. The first-order valence-corrected chi connectivity index (χ1v) is 5.92. The predicted molar refractivity (Wildman–Crippen MR) is 45.1 cm³/mol. The van der Waals surface area contributed by atoms with Gasteiger partial charge in [0.05, 0.1) is 11.2 Å². The van der Waals surface area contributed by atoms with Crippen LogP contribution in [0.15, 0.2) is 0 Å². The summed E-state index contributed by atoms with van der Waals surface area (Å²) in [5.41, 5.74) is 0.601. The number of ether oxygens (including phenoxy) is 1. The molecule has 2 fully saturated rings. The van der Waals surface area contributed by atoms with Crippen LogP contribution in [-0.2, 0) is 4.74 Å². The molecule has 0 aromatic carbocycles. The van der Waals surface area contributed by atoms with E-state index < -0.39 is 0 Å². The van der Waals surface area contributed by atoms with E-state index in [9.17, 15) is 0 Å². The molecule has 10 heavy (non-hydrogen) atoms. The Hall–Kier alpha value is 0.390. The average molecular weight is 158 g/mol. The van der Waals surface area contributed by atoms with Crippen molar-refractivity contribution < 1.29 is 4.74 Å². The van der Waals surface area contributed by atoms with Crippen molar-refractivity contribution in [1.82, 2.24) is 0 Å². The molecule has 2 aliphatic rings. The Balaban J connectivity index is 2.09. The summed E-state index contributed by atoms with van der Waals surface area (Å²) in [6, 6.07) is 0. The van der Waals surface area contributed by atoms with Crippen molar-refractivity contribution in [3.05, 3.63) is 0 Å². The second-order valence-electron chi connectivity index (χ2n) is 3.87. The molecule has 2 unspecified atom stereocenters. The molecule has 2 heteroatoms. The van der Waals surface area contributed by atoms with Crippen molar-refractivity contribution in [1.29, 1.82) is 0 Å². The molecule has 2 heterocycles. The Labute approximate surface area is 63.9 Å². The van der Waals surface area contributed by atoms with Gasteiger partial charge >= 0.3 is 0 Å². The summed E-state index contributed by atoms with van der Waals surface area (Å²) in [6.07, 6.45) is 4.11. The maximum absolute atomic E-state index is 5.68. The van der Waals surface area contributed by atoms with Crippen molar-refractivity contribution in [2.24, 2.45) is 0 Å². The van der Waals surface area contributed by atoms with Crippen LogP contribution in [0.2, 0.25) is 0 Å². The summed E-state index contributed by atoms with van der Waals surface area (Å²) >= 11 is 0. The van der Waals surface area contributed by atoms with E-state index in [0.717, 1.165) is 0 Å². The highest BCUT2D eigenvalue weighted by atomic mass is 31.1. The van der Waals surface area contributed by atoms with Crippen LogP contribution in [-0.4, -0.2) is 29.7 Å². The second-order valence-corrected chi connectivity index (χ2v) is 6.47. The SMILES string of the molecule is CCP1CC2(C)OC2(C)C1. The quantitative estimate of drug-likeness (QED) is 0.420. The Kier molecular flexibility index (Phi) is 1.24. The molecule has 2 rings (SSSR count). The summed E-state index contributed by atoms with van der Waals surface area (Å²) in [5.74, 6) is 0. The third-order valence-corrected chi connectivity index (χ3v) is 6.02. The predicted octanol–water partition coefficient (Wildman–Crippen LogP) is 2.05. The highest BCUT2D eigenvalue weighted by molar-refractivity contribution is 7.58. The van der Waals surface area contributed by atoms with Crippen LogP contribution < -0.4 is 0 Å². The lowest BCUT2D eigenvalue weighted by molar-refractivity contribution is 0.292. The van der Waals surface area contributed by atoms with Crippen molar-refractivity contribution in [3.8, 4) is 0 Å². The van der Waals surface area contributed by atoms with Crippen LogP contribution in [0, 0.1) is 0 Å². The smallest absolute Gasteiger partial charge is 0.0991 e. The van der Waals surface area contributed by atoms with Gasteiger partial charge in [0, 0.05) is 0 Å². The molecule has 0 amide bonds. The molecule has 2 atom stereocenters. The minimum atomic E-state index is 0.300. The number of epoxide rings is 1. The van der Waals surface area contributed by atoms with Crippen LogP contribution in [0.25, 0.3) is 0 Å². The van der Waals surface area contributed by atoms with Gasteiger partial charge in [-0.15, -0.1) is 7.92 Å². The maximum atomic E-state index is 5.68. The van der Waals surface area contributed by atoms with Crippen molar-refractivity contribution in [2.45, 2.75) is 32.0 Å². The zero-order valence-corrected chi connectivity index (χ0v) is 7.87. The zero-order valence-electron chi connectivity index (χ0n) is 6.98. The van der Waals surface area contributed by atoms with Crippen LogP contribution >= 0.6 is 7.92 Å². The molecule has 58 valence electrons. The molecular formula is C8H15OP. The van der Waals surface area contributed by atoms with Gasteiger partial charge in [-0.05, 0) is 32.3 Å². The van der Waals surface area contributed by atoms with E-state index in [0.29, 0.717) is 19.1 Å². The van der Waals surface area contributed by atoms with E-state index in [1.165, 1.54) is 18.5 Å². The summed E-state index contributed by atoms with van der Waals surface area (Å²) in [6.45, 7) is 6.85. The molecule has 0 N–H and O–H groups in total. The fourth-order valence-corrected chi connectivity index (χ4v) is 5.07. The van der Waals surface area contributed by atoms with Crippen LogP contribution in [0.5, 0.6) is 0 Å². The average Bonchev–Trinajstić information content (AvgIpc) is 2.24. The Morgan fingerprint density at radius 3 is 2.10 bits per heavy atom. The highest BCUT2D eigenvalue weighted by Gasteiger charge is 2.68. The fraction of sp³-hybridized carbons (Fsp3) is 1.00. The third-order valence-electron chi connectivity index (χ3n) is 3.03. The van der Waals surface area contributed by atoms with Crippen molar-refractivity contribution in [2.75, 3.05) is 18.5 Å². The molecule has 1 nitrogen and oxygen atoms in total. The molecule has 2 saturated heterocycles. The van der Waals surface area contributed by atoms with Crippen LogP contribution in [0.3, 0.4) is 0 Å². The van der Waals surface area contributed by atoms with Gasteiger partial charge in [0.2, 0.25) is 0 Å². The minimum absolute atomic E-state index is 0.300. The number of hydrogen-bond acceptors (Lipinski definition) is 1. The van der Waals surface area contributed by atoms with E-state index >= 15 is 0 Å². The van der Waals surface area contributed by atoms with Gasteiger partial charge in [0.15, 0.2) is 0 Å². The topological polar surface area (TPSA) is 12.5 Å². The van der Waals surface area contributed by atoms with E-state index in [1.807, 2.05) is 0 Å². The first-order chi connectivity index (χ1) is 4.60. The molecule has 0 aromatic heterocycles. The van der Waals surface area contributed by atoms with E-state index in [4.69, 9.17) is 4.74 Å². The van der Waals surface area contributed by atoms with Gasteiger partial charge in [-0.3, -0.25) is 0 Å². The van der Waals surface area contributed by atoms with Crippen LogP contribution in [0.4, 0.5) is 0 Å². The summed E-state index contributed by atoms with van der Waals surface area (Å²) in [4.78, 5) is 0.